The van der Waals surface area contributed by atoms with Crippen LogP contribution >= 0.6 is 15.9 Å². The molecule has 13 heteroatoms. The smallest absolute Gasteiger partial charge is 0.370 e. The van der Waals surface area contributed by atoms with Crippen molar-refractivity contribution in [2.45, 2.75) is 20.8 Å². The quantitative estimate of drug-likeness (QED) is 0.177. The number of Topliss-reactive ketones (excluding diaryl/α,β-unsaturated/α-hetero) is 2. The summed E-state index contributed by atoms with van der Waals surface area (Å²) in [4.78, 5) is 59.1. The van der Waals surface area contributed by atoms with E-state index in [2.05, 4.69) is 51.7 Å². The molecule has 0 amide bonds. The first-order chi connectivity index (χ1) is 18.2. The molecule has 4 rings (SSSR count). The van der Waals surface area contributed by atoms with Crippen molar-refractivity contribution < 1.29 is 37.8 Å². The highest BCUT2D eigenvalue weighted by Crippen LogP contribution is 2.17. The lowest BCUT2D eigenvalue weighted by molar-refractivity contribution is -0.113. The molecule has 3 aromatic rings. The number of carbonyl (C=O) groups is 4. The molecule has 0 spiro atoms. The summed E-state index contributed by atoms with van der Waals surface area (Å²) in [5, 5.41) is 0. The van der Waals surface area contributed by atoms with Crippen molar-refractivity contribution in [2.24, 2.45) is 4.99 Å². The van der Waals surface area contributed by atoms with E-state index < -0.39 is 5.97 Å². The van der Waals surface area contributed by atoms with Crippen LogP contribution in [0.3, 0.4) is 0 Å². The Labute approximate surface area is 225 Å². The lowest BCUT2D eigenvalue weighted by atomic mass is 10.2. The Kier molecular flexibility index (Phi) is 11.6. The highest BCUT2D eigenvalue weighted by Gasteiger charge is 2.18. The largest absolute Gasteiger partial charge is 0.465 e. The van der Waals surface area contributed by atoms with Crippen molar-refractivity contribution in [1.29, 1.82) is 0 Å². The van der Waals surface area contributed by atoms with Gasteiger partial charge in [-0.1, -0.05) is 0 Å². The van der Waals surface area contributed by atoms with Gasteiger partial charge in [-0.05, 0) is 59.0 Å². The van der Waals surface area contributed by atoms with Crippen LogP contribution in [0.15, 0.2) is 68.9 Å². The predicted octanol–water partition coefficient (Wildman–Crippen LogP) is 4.10. The topological polar surface area (TPSA) is 160 Å². The van der Waals surface area contributed by atoms with Crippen molar-refractivity contribution in [1.82, 2.24) is 15.0 Å². The second kappa shape index (κ2) is 14.8. The van der Waals surface area contributed by atoms with Crippen LogP contribution in [0, 0.1) is 0 Å². The van der Waals surface area contributed by atoms with Crippen LogP contribution in [0.25, 0.3) is 11.6 Å². The molecule has 0 aliphatic carbocycles. The van der Waals surface area contributed by atoms with Crippen LogP contribution in [0.4, 0.5) is 0 Å². The molecule has 1 aliphatic rings. The summed E-state index contributed by atoms with van der Waals surface area (Å²) in [5.41, 5.74) is 1.82. The van der Waals surface area contributed by atoms with Gasteiger partial charge in [0.15, 0.2) is 11.5 Å². The molecule has 3 aromatic heterocycles. The highest BCUT2D eigenvalue weighted by molar-refractivity contribution is 9.10. The summed E-state index contributed by atoms with van der Waals surface area (Å²) < 4.78 is 19.6. The number of rotatable bonds is 6. The average Bonchev–Trinajstić information content (AvgIpc) is 3.63. The fraction of sp³-hybridized carbons (Fsp3) is 0.200. The van der Waals surface area contributed by atoms with Gasteiger partial charge >= 0.3 is 24.0 Å². The number of ether oxygens (including phenoxy) is 3. The van der Waals surface area contributed by atoms with E-state index in [-0.39, 0.29) is 35.7 Å². The lowest BCUT2D eigenvalue weighted by Crippen LogP contribution is -2.04. The summed E-state index contributed by atoms with van der Waals surface area (Å²) in [6.45, 7) is 4.86. The summed E-state index contributed by atoms with van der Waals surface area (Å²) in [5.74, 6) is -0.880. The molecule has 196 valence electrons. The van der Waals surface area contributed by atoms with Gasteiger partial charge in [-0.3, -0.25) is 19.3 Å². The van der Waals surface area contributed by atoms with Crippen molar-refractivity contribution >= 4 is 45.8 Å². The molecule has 0 radical (unpaired) electrons. The first kappa shape index (κ1) is 29.6. The van der Waals surface area contributed by atoms with Crippen LogP contribution in [0.2, 0.25) is 0 Å². The Morgan fingerprint density at radius 2 is 1.68 bits per heavy atom. The van der Waals surface area contributed by atoms with Gasteiger partial charge in [0.1, 0.15) is 16.6 Å². The van der Waals surface area contributed by atoms with Crippen LogP contribution in [-0.4, -0.2) is 58.6 Å². The van der Waals surface area contributed by atoms with E-state index in [0.29, 0.717) is 27.1 Å². The number of hydrogen-bond donors (Lipinski definition) is 0. The number of halogens is 1. The molecule has 1 aliphatic heterocycles. The van der Waals surface area contributed by atoms with E-state index >= 15 is 0 Å². The molecule has 4 heterocycles. The predicted molar refractivity (Wildman–Crippen MR) is 136 cm³/mol. The van der Waals surface area contributed by atoms with Gasteiger partial charge in [0.05, 0.1) is 19.3 Å². The van der Waals surface area contributed by atoms with E-state index in [1.807, 2.05) is 0 Å². The second-order valence-electron chi connectivity index (χ2n) is 6.99. The number of carbonyl (C=O) groups excluding carboxylic acids is 4. The minimum atomic E-state index is -0.544. The third-order valence-corrected chi connectivity index (χ3v) is 4.75. The minimum absolute atomic E-state index is 0.0707. The second-order valence-corrected chi connectivity index (χ2v) is 7.80. The third-order valence-electron chi connectivity index (χ3n) is 4.28. The monoisotopic (exact) mass is 585 g/mol. The molecule has 0 unspecified atom stereocenters. The summed E-state index contributed by atoms with van der Waals surface area (Å²) in [6, 6.07) is 6.56. The van der Waals surface area contributed by atoms with Crippen LogP contribution in [-0.2, 0) is 19.0 Å². The molecular weight excluding hydrogens is 564 g/mol. The number of allylic oxidation sites excluding steroid dienone is 1. The minimum Gasteiger partial charge on any atom is -0.465 e. The summed E-state index contributed by atoms with van der Waals surface area (Å²) in [6.07, 6.45) is 7.54. The maximum Gasteiger partial charge on any atom is 0.370 e. The number of nitrogens with zero attached hydrogens (tertiary/aromatic N) is 4. The molecular formula is C25H22BrN4O8+. The molecule has 0 aromatic carbocycles. The Bertz CT molecular complexity index is 1330. The van der Waals surface area contributed by atoms with E-state index in [1.165, 1.54) is 45.9 Å². The maximum absolute atomic E-state index is 11.4. The molecule has 0 fully saturated rings. The third kappa shape index (κ3) is 9.12. The fourth-order valence-electron chi connectivity index (χ4n) is 2.38. The average molecular weight is 586 g/mol. The standard InChI is InChI=1S/C13H12N2O4.C7H6BrNO2.C5H4NO2/c1-3-18-13(17)11-7-19-12(15-11)10-5-4-9(6-14-10)8(2)16;1-11-7(10)5-2-3-6(8)9-4-5;1-4(7)5-2-8-3-6-5/h4-7H,3H2,1-2H3;2-4H,1H3;2H,1H3/q;;+1. The zero-order chi connectivity index (χ0) is 28.1. The fourth-order valence-corrected chi connectivity index (χ4v) is 2.61. The van der Waals surface area contributed by atoms with Crippen molar-refractivity contribution in [3.8, 4) is 11.6 Å². The Hall–Kier alpha value is -4.61. The number of pyridine rings is 2. The molecule has 38 heavy (non-hydrogen) atoms. The highest BCUT2D eigenvalue weighted by atomic mass is 79.9. The SMILES string of the molecule is CC(=O)C1=CO[C+]=N1.CCOC(=O)c1coc(-c2ccc(C(C)=O)cn2)n1.COC(=O)c1ccc(Br)nc1. The normalized spacial score (nSPS) is 10.8. The zero-order valence-corrected chi connectivity index (χ0v) is 22.3. The first-order valence-corrected chi connectivity index (χ1v) is 11.6. The molecule has 0 atom stereocenters. The molecule has 0 bridgehead atoms. The Morgan fingerprint density at radius 3 is 2.16 bits per heavy atom. The lowest BCUT2D eigenvalue weighted by Gasteiger charge is -1.97. The van der Waals surface area contributed by atoms with Gasteiger partial charge in [-0.15, -0.1) is 0 Å². The summed E-state index contributed by atoms with van der Waals surface area (Å²) in [7, 11) is 1.34. The van der Waals surface area contributed by atoms with Gasteiger partial charge in [-0.2, -0.15) is 0 Å². The molecule has 12 nitrogen and oxygen atoms in total. The molecule has 0 saturated carbocycles. The van der Waals surface area contributed by atoms with E-state index in [4.69, 9.17) is 9.15 Å². The van der Waals surface area contributed by atoms with Gasteiger partial charge in [-0.25, -0.2) is 19.6 Å². The Morgan fingerprint density at radius 1 is 0.974 bits per heavy atom. The molecule has 0 saturated heterocycles. The maximum atomic E-state index is 11.4. The van der Waals surface area contributed by atoms with Crippen molar-refractivity contribution in [2.75, 3.05) is 13.7 Å². The van der Waals surface area contributed by atoms with E-state index in [9.17, 15) is 19.2 Å². The zero-order valence-electron chi connectivity index (χ0n) is 20.8. The number of esters is 2. The van der Waals surface area contributed by atoms with Crippen molar-refractivity contribution in [3.63, 3.8) is 0 Å². The van der Waals surface area contributed by atoms with Gasteiger partial charge in [0.2, 0.25) is 5.89 Å². The number of oxazole rings is 1. The first-order valence-electron chi connectivity index (χ1n) is 10.8. The van der Waals surface area contributed by atoms with Crippen LogP contribution in [0.1, 0.15) is 52.0 Å². The van der Waals surface area contributed by atoms with Gasteiger partial charge in [0, 0.05) is 24.9 Å². The van der Waals surface area contributed by atoms with E-state index in [1.54, 1.807) is 31.2 Å². The number of aromatic nitrogens is 3. The number of aliphatic imine (C=N–C) groups is 1. The van der Waals surface area contributed by atoms with Crippen LogP contribution < -0.4 is 0 Å². The number of ketones is 2. The van der Waals surface area contributed by atoms with E-state index in [0.717, 1.165) is 0 Å². The van der Waals surface area contributed by atoms with Gasteiger partial charge in [0.25, 0.3) is 12.0 Å². The Balaban J connectivity index is 0.000000224. The number of hydrogen-bond acceptors (Lipinski definition) is 12. The van der Waals surface area contributed by atoms with Crippen LogP contribution in [0.5, 0.6) is 0 Å². The summed E-state index contributed by atoms with van der Waals surface area (Å²) >= 11 is 3.15. The van der Waals surface area contributed by atoms with Gasteiger partial charge < -0.3 is 13.9 Å². The number of methoxy groups -OCH3 is 1. The van der Waals surface area contributed by atoms with Crippen molar-refractivity contribution in [3.05, 3.63) is 76.3 Å². The molecule has 0 N–H and O–H groups in total.